The summed E-state index contributed by atoms with van der Waals surface area (Å²) in [6.07, 6.45) is 0. The van der Waals surface area contributed by atoms with E-state index in [-0.39, 0.29) is 5.54 Å². The maximum absolute atomic E-state index is 6.17. The van der Waals surface area contributed by atoms with Crippen LogP contribution in [-0.4, -0.2) is 11.5 Å². The largest absolute Gasteiger partial charge is 0.322 e. The first-order chi connectivity index (χ1) is 6.59. The van der Waals surface area contributed by atoms with Crippen molar-refractivity contribution in [3.8, 4) is 0 Å². The maximum Gasteiger partial charge on any atom is 0.0355 e. The van der Waals surface area contributed by atoms with Crippen molar-refractivity contribution in [3.63, 3.8) is 0 Å². The lowest BCUT2D eigenvalue weighted by Gasteiger charge is -2.31. The Labute approximate surface area is 90.1 Å². The summed E-state index contributed by atoms with van der Waals surface area (Å²) in [6.45, 7) is 4.16. The van der Waals surface area contributed by atoms with E-state index in [1.54, 1.807) is 0 Å². The third-order valence-electron chi connectivity index (χ3n) is 2.73. The molecule has 2 rings (SSSR count). The molecule has 1 nitrogen and oxygen atoms in total. The Morgan fingerprint density at radius 1 is 1.29 bits per heavy atom. The molecule has 0 bridgehead atoms. The molecule has 1 aromatic carbocycles. The van der Waals surface area contributed by atoms with Crippen LogP contribution in [0.5, 0.6) is 0 Å². The summed E-state index contributed by atoms with van der Waals surface area (Å²) in [5.74, 6) is 3.25. The number of hydrogen-bond donors (Lipinski definition) is 1. The molecule has 1 heterocycles. The fraction of sp³-hybridized carbons (Fsp3) is 0.500. The molecule has 0 atom stereocenters. The predicted octanol–water partition coefficient (Wildman–Crippen LogP) is 2.71. The molecule has 1 aromatic rings. The minimum absolute atomic E-state index is 0.211. The Balaban J connectivity index is 2.38. The van der Waals surface area contributed by atoms with Gasteiger partial charge in [-0.05, 0) is 25.0 Å². The zero-order valence-electron chi connectivity index (χ0n) is 8.79. The van der Waals surface area contributed by atoms with Gasteiger partial charge in [0, 0.05) is 23.0 Å². The van der Waals surface area contributed by atoms with Crippen molar-refractivity contribution in [2.24, 2.45) is 5.73 Å². The highest BCUT2D eigenvalue weighted by atomic mass is 32.2. The van der Waals surface area contributed by atoms with Gasteiger partial charge in [0.2, 0.25) is 0 Å². The van der Waals surface area contributed by atoms with E-state index in [4.69, 9.17) is 5.73 Å². The van der Waals surface area contributed by atoms with Crippen LogP contribution in [0.1, 0.15) is 30.9 Å². The third kappa shape index (κ3) is 1.82. The third-order valence-corrected chi connectivity index (χ3v) is 4.01. The predicted molar refractivity (Wildman–Crippen MR) is 63.7 cm³/mol. The van der Waals surface area contributed by atoms with E-state index in [1.165, 1.54) is 22.6 Å². The average molecular weight is 207 g/mol. The van der Waals surface area contributed by atoms with Crippen LogP contribution >= 0.6 is 11.8 Å². The minimum Gasteiger partial charge on any atom is -0.322 e. The molecule has 1 saturated heterocycles. The van der Waals surface area contributed by atoms with E-state index in [1.807, 2.05) is 11.8 Å². The second-order valence-corrected chi connectivity index (χ2v) is 5.62. The Morgan fingerprint density at radius 3 is 2.43 bits per heavy atom. The summed E-state index contributed by atoms with van der Waals surface area (Å²) in [5, 5.41) is 0. The molecule has 0 saturated carbocycles. The average Bonchev–Trinajstić information content (AvgIpc) is 2.00. The molecule has 0 spiro atoms. The van der Waals surface area contributed by atoms with E-state index >= 15 is 0 Å². The molecule has 0 radical (unpaired) electrons. The molecule has 0 aliphatic carbocycles. The molecular weight excluding hydrogens is 190 g/mol. The molecule has 14 heavy (non-hydrogen) atoms. The molecule has 0 aromatic heterocycles. The van der Waals surface area contributed by atoms with Gasteiger partial charge in [-0.1, -0.05) is 24.3 Å². The molecule has 0 unspecified atom stereocenters. The lowest BCUT2D eigenvalue weighted by atomic mass is 9.86. The van der Waals surface area contributed by atoms with Gasteiger partial charge in [0.15, 0.2) is 0 Å². The van der Waals surface area contributed by atoms with Crippen molar-refractivity contribution >= 4 is 11.8 Å². The highest BCUT2D eigenvalue weighted by Crippen LogP contribution is 2.37. The van der Waals surface area contributed by atoms with Crippen molar-refractivity contribution in [2.45, 2.75) is 25.3 Å². The summed E-state index contributed by atoms with van der Waals surface area (Å²) < 4.78 is 0. The van der Waals surface area contributed by atoms with Crippen LogP contribution in [0.2, 0.25) is 0 Å². The Kier molecular flexibility index (Phi) is 2.58. The zero-order valence-corrected chi connectivity index (χ0v) is 9.60. The topological polar surface area (TPSA) is 26.0 Å². The summed E-state index contributed by atoms with van der Waals surface area (Å²) in [5.41, 5.74) is 8.72. The van der Waals surface area contributed by atoms with E-state index in [0.29, 0.717) is 0 Å². The highest BCUT2D eigenvalue weighted by molar-refractivity contribution is 8.00. The number of benzene rings is 1. The van der Waals surface area contributed by atoms with Crippen LogP contribution < -0.4 is 5.73 Å². The SMILES string of the molecule is CC(C)(N)c1ccccc1C1CSC1. The first kappa shape index (κ1) is 10.1. The summed E-state index contributed by atoms with van der Waals surface area (Å²) in [6, 6.07) is 8.60. The molecule has 1 aliphatic heterocycles. The van der Waals surface area contributed by atoms with Crippen molar-refractivity contribution < 1.29 is 0 Å². The van der Waals surface area contributed by atoms with E-state index in [2.05, 4.69) is 38.1 Å². The number of hydrogen-bond acceptors (Lipinski definition) is 2. The highest BCUT2D eigenvalue weighted by Gasteiger charge is 2.26. The summed E-state index contributed by atoms with van der Waals surface area (Å²) in [7, 11) is 0. The van der Waals surface area contributed by atoms with Gasteiger partial charge in [0.05, 0.1) is 0 Å². The van der Waals surface area contributed by atoms with Crippen LogP contribution in [0.25, 0.3) is 0 Å². The van der Waals surface area contributed by atoms with Crippen LogP contribution in [0.15, 0.2) is 24.3 Å². The van der Waals surface area contributed by atoms with Crippen molar-refractivity contribution in [2.75, 3.05) is 11.5 Å². The number of nitrogens with two attached hydrogens (primary N) is 1. The van der Waals surface area contributed by atoms with Crippen molar-refractivity contribution in [3.05, 3.63) is 35.4 Å². The number of thioether (sulfide) groups is 1. The molecule has 0 amide bonds. The van der Waals surface area contributed by atoms with Crippen molar-refractivity contribution in [1.29, 1.82) is 0 Å². The lowest BCUT2D eigenvalue weighted by Crippen LogP contribution is -2.32. The van der Waals surface area contributed by atoms with Gasteiger partial charge in [-0.25, -0.2) is 0 Å². The standard InChI is InChI=1S/C12H17NS/c1-12(2,13)11-6-4-3-5-10(11)9-7-14-8-9/h3-6,9H,7-8,13H2,1-2H3. The monoisotopic (exact) mass is 207 g/mol. The first-order valence-electron chi connectivity index (χ1n) is 5.05. The fourth-order valence-corrected chi connectivity index (χ4v) is 2.69. The molecular formula is C12H17NS. The van der Waals surface area contributed by atoms with Gasteiger partial charge in [-0.2, -0.15) is 11.8 Å². The summed E-state index contributed by atoms with van der Waals surface area (Å²) in [4.78, 5) is 0. The van der Waals surface area contributed by atoms with Gasteiger partial charge < -0.3 is 5.73 Å². The van der Waals surface area contributed by atoms with E-state index < -0.39 is 0 Å². The van der Waals surface area contributed by atoms with Crippen LogP contribution in [0, 0.1) is 0 Å². The van der Waals surface area contributed by atoms with Crippen LogP contribution in [0.3, 0.4) is 0 Å². The fourth-order valence-electron chi connectivity index (χ4n) is 1.86. The quantitative estimate of drug-likeness (QED) is 0.807. The summed E-state index contributed by atoms with van der Waals surface area (Å²) >= 11 is 2.02. The normalized spacial score (nSPS) is 17.9. The lowest BCUT2D eigenvalue weighted by molar-refractivity contribution is 0.543. The molecule has 2 N–H and O–H groups in total. The van der Waals surface area contributed by atoms with Gasteiger partial charge in [0.1, 0.15) is 0 Å². The molecule has 1 aliphatic rings. The van der Waals surface area contributed by atoms with Crippen molar-refractivity contribution in [1.82, 2.24) is 0 Å². The second kappa shape index (κ2) is 3.59. The minimum atomic E-state index is -0.211. The molecule has 2 heteroatoms. The Morgan fingerprint density at radius 2 is 1.93 bits per heavy atom. The van der Waals surface area contributed by atoms with Crippen LogP contribution in [-0.2, 0) is 5.54 Å². The number of rotatable bonds is 2. The van der Waals surface area contributed by atoms with E-state index in [9.17, 15) is 0 Å². The molecule has 1 fully saturated rings. The van der Waals surface area contributed by atoms with Crippen LogP contribution in [0.4, 0.5) is 0 Å². The Bertz CT molecular complexity index is 323. The first-order valence-corrected chi connectivity index (χ1v) is 6.20. The maximum atomic E-state index is 6.17. The van der Waals surface area contributed by atoms with Gasteiger partial charge in [-0.15, -0.1) is 0 Å². The van der Waals surface area contributed by atoms with Gasteiger partial charge >= 0.3 is 0 Å². The molecule has 76 valence electrons. The smallest absolute Gasteiger partial charge is 0.0355 e. The zero-order chi connectivity index (χ0) is 10.2. The van der Waals surface area contributed by atoms with E-state index in [0.717, 1.165) is 5.92 Å². The van der Waals surface area contributed by atoms with Gasteiger partial charge in [0.25, 0.3) is 0 Å². The Hall–Kier alpha value is -0.470. The van der Waals surface area contributed by atoms with Gasteiger partial charge in [-0.3, -0.25) is 0 Å². The second-order valence-electron chi connectivity index (χ2n) is 4.54.